The van der Waals surface area contributed by atoms with Gasteiger partial charge in [-0.25, -0.2) is 0 Å². The van der Waals surface area contributed by atoms with Gasteiger partial charge in [0.1, 0.15) is 0 Å². The molecule has 0 saturated carbocycles. The third kappa shape index (κ3) is 7.64. The molecule has 11 heavy (non-hydrogen) atoms. The zero-order valence-corrected chi connectivity index (χ0v) is 7.43. The van der Waals surface area contributed by atoms with Gasteiger partial charge in [-0.1, -0.05) is 0 Å². The maximum Gasteiger partial charge on any atom is 0.317 e. The molecule has 0 fully saturated rings. The molecule has 4 nitrogen and oxygen atoms in total. The van der Waals surface area contributed by atoms with Gasteiger partial charge >= 0.3 is 5.97 Å². The van der Waals surface area contributed by atoms with Crippen LogP contribution in [0.15, 0.2) is 0 Å². The summed E-state index contributed by atoms with van der Waals surface area (Å²) in [6, 6.07) is 0. The maximum absolute atomic E-state index is 10.2. The van der Waals surface area contributed by atoms with E-state index in [1.165, 1.54) is 0 Å². The lowest BCUT2D eigenvalue weighted by Crippen LogP contribution is -2.25. The van der Waals surface area contributed by atoms with Crippen LogP contribution in [0.1, 0.15) is 0 Å². The van der Waals surface area contributed by atoms with Gasteiger partial charge in [0.2, 0.25) is 0 Å². The van der Waals surface area contributed by atoms with Crippen LogP contribution in [0.2, 0.25) is 0 Å². The zero-order chi connectivity index (χ0) is 8.69. The Morgan fingerprint density at radius 3 is 2.82 bits per heavy atom. The Hall–Kier alpha value is -0.260. The van der Waals surface area contributed by atoms with Crippen LogP contribution < -0.4 is 5.73 Å². The summed E-state index contributed by atoms with van der Waals surface area (Å²) in [5.74, 6) is 0.814. The van der Waals surface area contributed by atoms with Crippen LogP contribution in [0.5, 0.6) is 0 Å². The molecule has 0 aromatic heterocycles. The highest BCUT2D eigenvalue weighted by Crippen LogP contribution is 1.99. The Labute approximate surface area is 70.7 Å². The fourth-order valence-corrected chi connectivity index (χ4v) is 1.28. The lowest BCUT2D eigenvalue weighted by atomic mass is 10.6. The molecule has 0 unspecified atom stereocenters. The van der Waals surface area contributed by atoms with Gasteiger partial charge in [-0.05, 0) is 7.05 Å². The van der Waals surface area contributed by atoms with Crippen molar-refractivity contribution in [3.05, 3.63) is 0 Å². The number of thioether (sulfide) groups is 1. The Morgan fingerprint density at radius 2 is 2.36 bits per heavy atom. The van der Waals surface area contributed by atoms with Gasteiger partial charge in [0.05, 0.1) is 6.54 Å². The van der Waals surface area contributed by atoms with E-state index in [1.807, 2.05) is 0 Å². The van der Waals surface area contributed by atoms with Gasteiger partial charge in [-0.15, -0.1) is 11.8 Å². The van der Waals surface area contributed by atoms with Crippen molar-refractivity contribution in [3.8, 4) is 0 Å². The molecule has 66 valence electrons. The number of carboxylic acids is 1. The first kappa shape index (κ1) is 10.7. The third-order valence-corrected chi connectivity index (χ3v) is 2.13. The molecule has 5 heteroatoms. The zero-order valence-electron chi connectivity index (χ0n) is 6.62. The average Bonchev–Trinajstić information content (AvgIpc) is 1.86. The number of hydrogen-bond acceptors (Lipinski definition) is 4. The van der Waals surface area contributed by atoms with Crippen molar-refractivity contribution in [1.82, 2.24) is 4.90 Å². The Kier molecular flexibility index (Phi) is 6.30. The average molecular weight is 178 g/mol. The minimum atomic E-state index is -0.791. The van der Waals surface area contributed by atoms with E-state index in [4.69, 9.17) is 10.8 Å². The fraction of sp³-hybridized carbons (Fsp3) is 0.833. The molecule has 0 aliphatic carbocycles. The normalized spacial score (nSPS) is 10.5. The van der Waals surface area contributed by atoms with Crippen LogP contribution >= 0.6 is 11.8 Å². The van der Waals surface area contributed by atoms with E-state index in [-0.39, 0.29) is 6.54 Å². The monoisotopic (exact) mass is 178 g/mol. The minimum absolute atomic E-state index is 0.0948. The summed E-state index contributed by atoms with van der Waals surface area (Å²) >= 11 is 1.64. The van der Waals surface area contributed by atoms with E-state index in [1.54, 1.807) is 23.7 Å². The second-order valence-corrected chi connectivity index (χ2v) is 3.31. The first-order valence-electron chi connectivity index (χ1n) is 3.35. The topological polar surface area (TPSA) is 66.6 Å². The first-order valence-corrected chi connectivity index (χ1v) is 4.50. The number of likely N-dealkylation sites (N-methyl/N-ethyl adjacent to an activating group) is 1. The second kappa shape index (κ2) is 6.45. The number of hydrogen-bond donors (Lipinski definition) is 2. The molecule has 0 aliphatic rings. The van der Waals surface area contributed by atoms with Crippen molar-refractivity contribution in [3.63, 3.8) is 0 Å². The van der Waals surface area contributed by atoms with E-state index in [0.29, 0.717) is 6.54 Å². The Balaban J connectivity index is 3.22. The van der Waals surface area contributed by atoms with Gasteiger partial charge in [0.15, 0.2) is 0 Å². The molecule has 0 atom stereocenters. The molecular weight excluding hydrogens is 164 g/mol. The molecule has 0 spiro atoms. The van der Waals surface area contributed by atoms with Crippen LogP contribution in [0, 0.1) is 0 Å². The van der Waals surface area contributed by atoms with Crippen LogP contribution in [-0.2, 0) is 4.79 Å². The standard InChI is InChI=1S/C6H14N2O2S/c1-8(4-6(9)10)5-11-3-2-7/h2-5,7H2,1H3,(H,9,10). The summed E-state index contributed by atoms with van der Waals surface area (Å²) in [5.41, 5.74) is 5.26. The molecule has 0 aromatic rings. The summed E-state index contributed by atoms with van der Waals surface area (Å²) in [4.78, 5) is 11.9. The highest BCUT2D eigenvalue weighted by Gasteiger charge is 2.02. The number of nitrogens with two attached hydrogens (primary N) is 1. The van der Waals surface area contributed by atoms with Crippen molar-refractivity contribution in [1.29, 1.82) is 0 Å². The van der Waals surface area contributed by atoms with Gasteiger partial charge < -0.3 is 10.8 Å². The maximum atomic E-state index is 10.2. The molecule has 0 amide bonds. The SMILES string of the molecule is CN(CSCCN)CC(=O)O. The molecule has 0 rings (SSSR count). The largest absolute Gasteiger partial charge is 0.480 e. The predicted octanol–water partition coefficient (Wildman–Crippen LogP) is -0.348. The van der Waals surface area contributed by atoms with Crippen molar-refractivity contribution in [2.24, 2.45) is 5.73 Å². The van der Waals surface area contributed by atoms with Gasteiger partial charge in [-0.2, -0.15) is 0 Å². The summed E-state index contributed by atoms with van der Waals surface area (Å²) in [6.45, 7) is 0.739. The Morgan fingerprint density at radius 1 is 1.73 bits per heavy atom. The van der Waals surface area contributed by atoms with E-state index in [9.17, 15) is 4.79 Å². The van der Waals surface area contributed by atoms with Crippen molar-refractivity contribution < 1.29 is 9.90 Å². The molecule has 0 aromatic carbocycles. The third-order valence-electron chi connectivity index (χ3n) is 0.979. The highest BCUT2D eigenvalue weighted by molar-refractivity contribution is 7.99. The number of nitrogens with zero attached hydrogens (tertiary/aromatic N) is 1. The van der Waals surface area contributed by atoms with Gasteiger partial charge in [0, 0.05) is 18.2 Å². The van der Waals surface area contributed by atoms with E-state index in [0.717, 1.165) is 11.6 Å². The lowest BCUT2D eigenvalue weighted by molar-refractivity contribution is -0.137. The van der Waals surface area contributed by atoms with Crippen molar-refractivity contribution in [2.75, 3.05) is 31.8 Å². The van der Waals surface area contributed by atoms with Crippen LogP contribution in [0.3, 0.4) is 0 Å². The van der Waals surface area contributed by atoms with Crippen LogP contribution in [0.25, 0.3) is 0 Å². The summed E-state index contributed by atoms with van der Waals surface area (Å²) in [7, 11) is 1.78. The minimum Gasteiger partial charge on any atom is -0.480 e. The summed E-state index contributed by atoms with van der Waals surface area (Å²) < 4.78 is 0. The molecular formula is C6H14N2O2S. The van der Waals surface area contributed by atoms with Gasteiger partial charge in [0.25, 0.3) is 0 Å². The number of carboxylic acid groups (broad SMARTS) is 1. The first-order chi connectivity index (χ1) is 5.16. The van der Waals surface area contributed by atoms with Crippen LogP contribution in [-0.4, -0.2) is 47.7 Å². The van der Waals surface area contributed by atoms with Gasteiger partial charge in [-0.3, -0.25) is 9.69 Å². The summed E-state index contributed by atoms with van der Waals surface area (Å²) in [5, 5.41) is 8.36. The summed E-state index contributed by atoms with van der Waals surface area (Å²) in [6.07, 6.45) is 0. The molecule has 0 bridgehead atoms. The molecule has 0 heterocycles. The lowest BCUT2D eigenvalue weighted by Gasteiger charge is -2.12. The number of aliphatic carboxylic acids is 1. The quantitative estimate of drug-likeness (QED) is 0.430. The second-order valence-electron chi connectivity index (χ2n) is 2.23. The van der Waals surface area contributed by atoms with E-state index in [2.05, 4.69) is 0 Å². The fourth-order valence-electron chi connectivity index (χ4n) is 0.580. The highest BCUT2D eigenvalue weighted by atomic mass is 32.2. The van der Waals surface area contributed by atoms with Crippen molar-refractivity contribution in [2.45, 2.75) is 0 Å². The molecule has 0 radical (unpaired) electrons. The Bertz CT molecular complexity index is 121. The van der Waals surface area contributed by atoms with Crippen LogP contribution in [0.4, 0.5) is 0 Å². The number of carbonyl (C=O) groups is 1. The molecule has 0 saturated heterocycles. The molecule has 3 N–H and O–H groups in total. The molecule has 0 aliphatic heterocycles. The van der Waals surface area contributed by atoms with E-state index >= 15 is 0 Å². The van der Waals surface area contributed by atoms with E-state index < -0.39 is 5.97 Å². The predicted molar refractivity (Wildman–Crippen MR) is 46.6 cm³/mol. The smallest absolute Gasteiger partial charge is 0.317 e. The van der Waals surface area contributed by atoms with Crippen molar-refractivity contribution >= 4 is 17.7 Å². The number of rotatable bonds is 6.